The molecule has 1 N–H and O–H groups in total. The van der Waals surface area contributed by atoms with Gasteiger partial charge in [-0.15, -0.1) is 0 Å². The lowest BCUT2D eigenvalue weighted by Gasteiger charge is -2.40. The van der Waals surface area contributed by atoms with Crippen molar-refractivity contribution in [3.05, 3.63) is 0 Å². The molecule has 1 saturated heterocycles. The number of carbonyl (C=O) groups excluding carboxylic acids is 1. The van der Waals surface area contributed by atoms with Crippen molar-refractivity contribution in [2.45, 2.75) is 46.1 Å². The van der Waals surface area contributed by atoms with Crippen molar-refractivity contribution < 1.29 is 9.90 Å². The largest absolute Gasteiger partial charge is 0.389 e. The van der Waals surface area contributed by atoms with Crippen LogP contribution in [0.2, 0.25) is 0 Å². The topological polar surface area (TPSA) is 40.5 Å². The average Bonchev–Trinajstić information content (AvgIpc) is 2.00. The smallest absolute Gasteiger partial charge is 0.136 e. The van der Waals surface area contributed by atoms with Crippen LogP contribution in [0.25, 0.3) is 0 Å². The van der Waals surface area contributed by atoms with Gasteiger partial charge in [0.1, 0.15) is 5.78 Å². The predicted molar refractivity (Wildman–Crippen MR) is 60.8 cm³/mol. The van der Waals surface area contributed by atoms with Crippen LogP contribution in [0.4, 0.5) is 0 Å². The predicted octanol–water partition coefficient (Wildman–Crippen LogP) is 1.45. The normalized spacial score (nSPS) is 29.1. The van der Waals surface area contributed by atoms with E-state index < -0.39 is 5.60 Å². The molecule has 1 fully saturated rings. The van der Waals surface area contributed by atoms with Crippen LogP contribution in [0.15, 0.2) is 0 Å². The molecule has 15 heavy (non-hydrogen) atoms. The average molecular weight is 213 g/mol. The fourth-order valence-electron chi connectivity index (χ4n) is 2.13. The first-order valence-electron chi connectivity index (χ1n) is 5.69. The molecule has 1 rings (SSSR count). The van der Waals surface area contributed by atoms with Crippen LogP contribution in [-0.2, 0) is 4.79 Å². The van der Waals surface area contributed by atoms with Gasteiger partial charge < -0.3 is 5.11 Å². The second kappa shape index (κ2) is 4.22. The van der Waals surface area contributed by atoms with Crippen LogP contribution in [0, 0.1) is 5.41 Å². The van der Waals surface area contributed by atoms with Crippen molar-refractivity contribution in [3.8, 4) is 0 Å². The lowest BCUT2D eigenvalue weighted by atomic mass is 9.86. The highest BCUT2D eigenvalue weighted by Gasteiger charge is 2.33. The Kier molecular flexibility index (Phi) is 3.56. The first kappa shape index (κ1) is 12.7. The van der Waals surface area contributed by atoms with Crippen LogP contribution in [0.3, 0.4) is 0 Å². The lowest BCUT2D eigenvalue weighted by Crippen LogP contribution is -2.50. The zero-order chi connectivity index (χ0) is 11.7. The van der Waals surface area contributed by atoms with Gasteiger partial charge in [-0.3, -0.25) is 9.69 Å². The summed E-state index contributed by atoms with van der Waals surface area (Å²) in [6.07, 6.45) is 1.88. The minimum Gasteiger partial charge on any atom is -0.389 e. The highest BCUT2D eigenvalue weighted by molar-refractivity contribution is 5.81. The third-order valence-electron chi connectivity index (χ3n) is 3.33. The summed E-state index contributed by atoms with van der Waals surface area (Å²) in [5.74, 6) is 0.215. The van der Waals surface area contributed by atoms with Crippen LogP contribution in [-0.4, -0.2) is 41.0 Å². The molecule has 1 aliphatic heterocycles. The van der Waals surface area contributed by atoms with Gasteiger partial charge in [0.25, 0.3) is 0 Å². The molecule has 0 amide bonds. The molecule has 0 saturated carbocycles. The summed E-state index contributed by atoms with van der Waals surface area (Å²) < 4.78 is 0. The number of nitrogens with zero attached hydrogens (tertiary/aromatic N) is 1. The molecule has 0 spiro atoms. The van der Waals surface area contributed by atoms with E-state index in [-0.39, 0.29) is 11.2 Å². The van der Waals surface area contributed by atoms with E-state index in [0.717, 1.165) is 25.9 Å². The van der Waals surface area contributed by atoms with E-state index in [1.54, 1.807) is 6.92 Å². The van der Waals surface area contributed by atoms with E-state index in [4.69, 9.17) is 0 Å². The molecule has 1 heterocycles. The molecular formula is C12H23NO2. The summed E-state index contributed by atoms with van der Waals surface area (Å²) in [6.45, 7) is 9.88. The monoisotopic (exact) mass is 213 g/mol. The number of hydrogen-bond acceptors (Lipinski definition) is 3. The Bertz CT molecular complexity index is 246. The van der Waals surface area contributed by atoms with Crippen LogP contribution in [0.5, 0.6) is 0 Å². The minimum atomic E-state index is -0.578. The third-order valence-corrected chi connectivity index (χ3v) is 3.33. The Morgan fingerprint density at radius 1 is 1.53 bits per heavy atom. The van der Waals surface area contributed by atoms with Gasteiger partial charge in [-0.05, 0) is 33.2 Å². The van der Waals surface area contributed by atoms with Gasteiger partial charge in [-0.25, -0.2) is 0 Å². The van der Waals surface area contributed by atoms with E-state index in [1.807, 2.05) is 20.8 Å². The quantitative estimate of drug-likeness (QED) is 0.771. The molecule has 3 nitrogen and oxygen atoms in total. The van der Waals surface area contributed by atoms with Crippen molar-refractivity contribution >= 4 is 5.78 Å². The van der Waals surface area contributed by atoms with Crippen LogP contribution >= 0.6 is 0 Å². The standard InChI is InChI=1S/C12H23NO2/c1-10(14)11(2,3)8-13-7-5-6-12(4,15)9-13/h15H,5-9H2,1-4H3. The van der Waals surface area contributed by atoms with Gasteiger partial charge >= 0.3 is 0 Å². The van der Waals surface area contributed by atoms with Crippen LogP contribution in [0.1, 0.15) is 40.5 Å². The molecule has 0 aromatic carbocycles. The van der Waals surface area contributed by atoms with E-state index in [0.29, 0.717) is 6.54 Å². The first-order valence-corrected chi connectivity index (χ1v) is 5.69. The van der Waals surface area contributed by atoms with Crippen molar-refractivity contribution in [1.82, 2.24) is 4.90 Å². The number of rotatable bonds is 3. The molecule has 0 aromatic heterocycles. The van der Waals surface area contributed by atoms with Crippen LogP contribution < -0.4 is 0 Å². The first-order chi connectivity index (χ1) is 6.73. The lowest BCUT2D eigenvalue weighted by molar-refractivity contribution is -0.127. The SMILES string of the molecule is CC(=O)C(C)(C)CN1CCCC(C)(O)C1. The fraction of sp³-hybridized carbons (Fsp3) is 0.917. The Hall–Kier alpha value is -0.410. The van der Waals surface area contributed by atoms with E-state index in [1.165, 1.54) is 0 Å². The number of carbonyl (C=O) groups is 1. The highest BCUT2D eigenvalue weighted by atomic mass is 16.3. The Balaban J connectivity index is 2.55. The summed E-state index contributed by atoms with van der Waals surface area (Å²) in [5.41, 5.74) is -0.876. The molecular weight excluding hydrogens is 190 g/mol. The number of aliphatic hydroxyl groups is 1. The molecule has 1 atom stereocenters. The second-order valence-electron chi connectivity index (χ2n) is 5.75. The molecule has 0 aromatic rings. The van der Waals surface area contributed by atoms with Gasteiger partial charge in [0.2, 0.25) is 0 Å². The maximum Gasteiger partial charge on any atom is 0.136 e. The zero-order valence-corrected chi connectivity index (χ0v) is 10.3. The second-order valence-corrected chi connectivity index (χ2v) is 5.75. The summed E-state index contributed by atoms with van der Waals surface area (Å²) in [7, 11) is 0. The highest BCUT2D eigenvalue weighted by Crippen LogP contribution is 2.25. The van der Waals surface area contributed by atoms with Crippen molar-refractivity contribution in [2.75, 3.05) is 19.6 Å². The Labute approximate surface area is 92.5 Å². The zero-order valence-electron chi connectivity index (χ0n) is 10.3. The van der Waals surface area contributed by atoms with Crippen molar-refractivity contribution in [2.24, 2.45) is 5.41 Å². The van der Waals surface area contributed by atoms with Gasteiger partial charge in [-0.1, -0.05) is 13.8 Å². The van der Waals surface area contributed by atoms with E-state index >= 15 is 0 Å². The molecule has 88 valence electrons. The van der Waals surface area contributed by atoms with Gasteiger partial charge in [0.05, 0.1) is 5.60 Å². The number of likely N-dealkylation sites (tertiary alicyclic amines) is 1. The fourth-order valence-corrected chi connectivity index (χ4v) is 2.13. The summed E-state index contributed by atoms with van der Waals surface area (Å²) in [4.78, 5) is 13.6. The number of hydrogen-bond donors (Lipinski definition) is 1. The molecule has 0 aliphatic carbocycles. The minimum absolute atomic E-state index is 0.215. The van der Waals surface area contributed by atoms with Crippen molar-refractivity contribution in [3.63, 3.8) is 0 Å². The summed E-state index contributed by atoms with van der Waals surface area (Å²) in [6, 6.07) is 0. The number of ketones is 1. The van der Waals surface area contributed by atoms with Gasteiger partial charge in [0, 0.05) is 18.5 Å². The number of β-amino-alcohol motifs (C(OH)–C–C–N with tert-alkyl or cyclic N) is 1. The summed E-state index contributed by atoms with van der Waals surface area (Å²) >= 11 is 0. The van der Waals surface area contributed by atoms with Crippen molar-refractivity contribution in [1.29, 1.82) is 0 Å². The number of piperidine rings is 1. The Morgan fingerprint density at radius 2 is 2.13 bits per heavy atom. The third kappa shape index (κ3) is 3.58. The maximum absolute atomic E-state index is 11.4. The van der Waals surface area contributed by atoms with Gasteiger partial charge in [-0.2, -0.15) is 0 Å². The van der Waals surface area contributed by atoms with E-state index in [9.17, 15) is 9.90 Å². The molecule has 1 unspecified atom stereocenters. The maximum atomic E-state index is 11.4. The number of Topliss-reactive ketones (excluding diaryl/α,β-unsaturated/α-hetero) is 1. The molecule has 1 aliphatic rings. The molecule has 0 bridgehead atoms. The van der Waals surface area contributed by atoms with Gasteiger partial charge in [0.15, 0.2) is 0 Å². The molecule has 3 heteroatoms. The van der Waals surface area contributed by atoms with E-state index in [2.05, 4.69) is 4.90 Å². The summed E-state index contributed by atoms with van der Waals surface area (Å²) in [5, 5.41) is 9.95. The Morgan fingerprint density at radius 3 is 2.60 bits per heavy atom. The molecule has 0 radical (unpaired) electrons.